The van der Waals surface area contributed by atoms with Gasteiger partial charge in [-0.1, -0.05) is 12.1 Å². The molecule has 2 aliphatic rings. The van der Waals surface area contributed by atoms with Crippen LogP contribution >= 0.6 is 15.9 Å². The SMILES string of the molecule is CC1CNC(C2CC2)CN1c1ccccc1Br. The van der Waals surface area contributed by atoms with Gasteiger partial charge in [0, 0.05) is 29.6 Å². The summed E-state index contributed by atoms with van der Waals surface area (Å²) >= 11 is 3.67. The van der Waals surface area contributed by atoms with Gasteiger partial charge in [0.25, 0.3) is 0 Å². The molecule has 0 bridgehead atoms. The number of hydrogen-bond acceptors (Lipinski definition) is 2. The first-order chi connectivity index (χ1) is 8.25. The van der Waals surface area contributed by atoms with Crippen LogP contribution in [0.2, 0.25) is 0 Å². The highest BCUT2D eigenvalue weighted by atomic mass is 79.9. The maximum absolute atomic E-state index is 3.69. The molecule has 2 nitrogen and oxygen atoms in total. The summed E-state index contributed by atoms with van der Waals surface area (Å²) in [5.41, 5.74) is 1.34. The molecule has 3 heteroatoms. The van der Waals surface area contributed by atoms with Gasteiger partial charge in [-0.2, -0.15) is 0 Å². The van der Waals surface area contributed by atoms with E-state index in [4.69, 9.17) is 0 Å². The molecule has 1 aliphatic heterocycles. The van der Waals surface area contributed by atoms with Gasteiger partial charge in [-0.3, -0.25) is 0 Å². The Balaban J connectivity index is 1.82. The van der Waals surface area contributed by atoms with Crippen molar-refractivity contribution in [1.29, 1.82) is 0 Å². The summed E-state index contributed by atoms with van der Waals surface area (Å²) in [5.74, 6) is 0.924. The van der Waals surface area contributed by atoms with Crippen molar-refractivity contribution in [3.63, 3.8) is 0 Å². The minimum Gasteiger partial charge on any atom is -0.365 e. The van der Waals surface area contributed by atoms with E-state index in [0.29, 0.717) is 12.1 Å². The summed E-state index contributed by atoms with van der Waals surface area (Å²) in [6.07, 6.45) is 2.83. The van der Waals surface area contributed by atoms with Crippen molar-refractivity contribution in [2.45, 2.75) is 31.8 Å². The van der Waals surface area contributed by atoms with Gasteiger partial charge in [0.1, 0.15) is 0 Å². The van der Waals surface area contributed by atoms with E-state index in [1.54, 1.807) is 0 Å². The Bertz CT molecular complexity index is 403. The van der Waals surface area contributed by atoms with E-state index >= 15 is 0 Å². The number of halogens is 1. The first-order valence-electron chi connectivity index (χ1n) is 6.50. The van der Waals surface area contributed by atoms with Crippen LogP contribution < -0.4 is 10.2 Å². The van der Waals surface area contributed by atoms with E-state index in [1.165, 1.54) is 23.0 Å². The van der Waals surface area contributed by atoms with Crippen LogP contribution in [0.25, 0.3) is 0 Å². The fraction of sp³-hybridized carbons (Fsp3) is 0.571. The number of benzene rings is 1. The van der Waals surface area contributed by atoms with E-state index in [2.05, 4.69) is 57.3 Å². The Morgan fingerprint density at radius 2 is 2.06 bits per heavy atom. The lowest BCUT2D eigenvalue weighted by atomic mass is 10.1. The van der Waals surface area contributed by atoms with Crippen molar-refractivity contribution in [2.75, 3.05) is 18.0 Å². The molecule has 1 N–H and O–H groups in total. The third-order valence-corrected chi connectivity index (χ3v) is 4.62. The van der Waals surface area contributed by atoms with Gasteiger partial charge in [0.2, 0.25) is 0 Å². The topological polar surface area (TPSA) is 15.3 Å². The fourth-order valence-electron chi connectivity index (χ4n) is 2.72. The molecule has 0 amide bonds. The Kier molecular flexibility index (Phi) is 3.14. The maximum atomic E-state index is 3.69. The molecule has 1 saturated heterocycles. The van der Waals surface area contributed by atoms with Gasteiger partial charge in [0.05, 0.1) is 5.69 Å². The number of para-hydroxylation sites is 1. The number of nitrogens with zero attached hydrogens (tertiary/aromatic N) is 1. The standard InChI is InChI=1S/C14H19BrN2/c1-10-8-16-13(11-6-7-11)9-17(10)14-5-3-2-4-12(14)15/h2-5,10-11,13,16H,6-9H2,1H3. The van der Waals surface area contributed by atoms with E-state index in [-0.39, 0.29) is 0 Å². The lowest BCUT2D eigenvalue weighted by molar-refractivity contribution is 0.375. The molecule has 2 fully saturated rings. The van der Waals surface area contributed by atoms with Gasteiger partial charge in [-0.05, 0) is 53.7 Å². The molecule has 2 atom stereocenters. The normalized spacial score (nSPS) is 29.4. The number of hydrogen-bond donors (Lipinski definition) is 1. The third-order valence-electron chi connectivity index (χ3n) is 3.95. The van der Waals surface area contributed by atoms with Crippen molar-refractivity contribution in [3.05, 3.63) is 28.7 Å². The average Bonchev–Trinajstić information content (AvgIpc) is 3.15. The molecule has 17 heavy (non-hydrogen) atoms. The van der Waals surface area contributed by atoms with Gasteiger partial charge in [0.15, 0.2) is 0 Å². The first-order valence-corrected chi connectivity index (χ1v) is 7.29. The highest BCUT2D eigenvalue weighted by molar-refractivity contribution is 9.10. The van der Waals surface area contributed by atoms with Crippen molar-refractivity contribution < 1.29 is 0 Å². The molecule has 2 unspecified atom stereocenters. The number of nitrogens with one attached hydrogen (secondary N) is 1. The maximum Gasteiger partial charge on any atom is 0.0514 e. The van der Waals surface area contributed by atoms with Gasteiger partial charge in [-0.25, -0.2) is 0 Å². The number of anilines is 1. The lowest BCUT2D eigenvalue weighted by Crippen LogP contribution is -2.56. The van der Waals surface area contributed by atoms with Crippen LogP contribution in [0.4, 0.5) is 5.69 Å². The molecule has 1 saturated carbocycles. The van der Waals surface area contributed by atoms with Crippen molar-refractivity contribution in [2.24, 2.45) is 5.92 Å². The Morgan fingerprint density at radius 1 is 1.29 bits per heavy atom. The van der Waals surface area contributed by atoms with E-state index in [1.807, 2.05) is 0 Å². The summed E-state index contributed by atoms with van der Waals surface area (Å²) in [4.78, 5) is 2.55. The van der Waals surface area contributed by atoms with Crippen LogP contribution in [-0.2, 0) is 0 Å². The zero-order chi connectivity index (χ0) is 11.8. The highest BCUT2D eigenvalue weighted by Crippen LogP contribution is 2.36. The molecular formula is C14H19BrN2. The van der Waals surface area contributed by atoms with Gasteiger partial charge in [-0.15, -0.1) is 0 Å². The average molecular weight is 295 g/mol. The Labute approximate surface area is 112 Å². The zero-order valence-electron chi connectivity index (χ0n) is 10.2. The smallest absolute Gasteiger partial charge is 0.0514 e. The molecular weight excluding hydrogens is 276 g/mol. The second-order valence-electron chi connectivity index (χ2n) is 5.30. The quantitative estimate of drug-likeness (QED) is 0.902. The molecule has 1 aromatic carbocycles. The van der Waals surface area contributed by atoms with Crippen LogP contribution in [0, 0.1) is 5.92 Å². The number of rotatable bonds is 2. The second-order valence-corrected chi connectivity index (χ2v) is 6.16. The van der Waals surface area contributed by atoms with Crippen LogP contribution in [0.15, 0.2) is 28.7 Å². The molecule has 0 aromatic heterocycles. The van der Waals surface area contributed by atoms with Crippen molar-refractivity contribution in [3.8, 4) is 0 Å². The van der Waals surface area contributed by atoms with Crippen LogP contribution in [-0.4, -0.2) is 25.2 Å². The summed E-state index contributed by atoms with van der Waals surface area (Å²) in [5, 5.41) is 3.69. The number of piperazine rings is 1. The predicted molar refractivity (Wildman–Crippen MR) is 75.5 cm³/mol. The van der Waals surface area contributed by atoms with E-state index < -0.39 is 0 Å². The molecule has 1 heterocycles. The molecule has 0 spiro atoms. The zero-order valence-corrected chi connectivity index (χ0v) is 11.8. The minimum atomic E-state index is 0.573. The molecule has 3 rings (SSSR count). The van der Waals surface area contributed by atoms with Gasteiger partial charge >= 0.3 is 0 Å². The highest BCUT2D eigenvalue weighted by Gasteiger charge is 2.36. The van der Waals surface area contributed by atoms with Crippen LogP contribution in [0.1, 0.15) is 19.8 Å². The molecule has 1 aromatic rings. The summed E-state index contributed by atoms with van der Waals surface area (Å²) in [7, 11) is 0. The molecule has 0 radical (unpaired) electrons. The van der Waals surface area contributed by atoms with Gasteiger partial charge < -0.3 is 10.2 Å². The summed E-state index contributed by atoms with van der Waals surface area (Å²) < 4.78 is 1.21. The summed E-state index contributed by atoms with van der Waals surface area (Å²) in [6.45, 7) is 4.55. The Morgan fingerprint density at radius 3 is 2.76 bits per heavy atom. The second kappa shape index (κ2) is 4.62. The van der Waals surface area contributed by atoms with Crippen molar-refractivity contribution in [1.82, 2.24) is 5.32 Å². The first kappa shape index (κ1) is 11.5. The molecule has 92 valence electrons. The fourth-order valence-corrected chi connectivity index (χ4v) is 3.24. The molecule has 1 aliphatic carbocycles. The Hall–Kier alpha value is -0.540. The van der Waals surface area contributed by atoms with E-state index in [0.717, 1.165) is 19.0 Å². The third kappa shape index (κ3) is 2.36. The van der Waals surface area contributed by atoms with Crippen molar-refractivity contribution >= 4 is 21.6 Å². The minimum absolute atomic E-state index is 0.573. The lowest BCUT2D eigenvalue weighted by Gasteiger charge is -2.41. The monoisotopic (exact) mass is 294 g/mol. The van der Waals surface area contributed by atoms with Crippen LogP contribution in [0.5, 0.6) is 0 Å². The van der Waals surface area contributed by atoms with Crippen LogP contribution in [0.3, 0.4) is 0 Å². The predicted octanol–water partition coefficient (Wildman–Crippen LogP) is 3.03. The summed E-state index contributed by atoms with van der Waals surface area (Å²) in [6, 6.07) is 9.83. The van der Waals surface area contributed by atoms with E-state index in [9.17, 15) is 0 Å². The largest absolute Gasteiger partial charge is 0.365 e.